The van der Waals surface area contributed by atoms with Gasteiger partial charge in [-0.3, -0.25) is 9.36 Å². The number of phenols is 1. The first-order valence-corrected chi connectivity index (χ1v) is 10.2. The lowest BCUT2D eigenvalue weighted by atomic mass is 9.97. The Kier molecular flexibility index (Phi) is 5.47. The molecule has 0 unspecified atom stereocenters. The number of rotatable bonds is 5. The van der Waals surface area contributed by atoms with Crippen LogP contribution in [0.5, 0.6) is 5.75 Å². The highest BCUT2D eigenvalue weighted by atomic mass is 19.1. The van der Waals surface area contributed by atoms with E-state index in [1.165, 1.54) is 12.1 Å². The molecule has 4 rings (SSSR count). The van der Waals surface area contributed by atoms with Crippen LogP contribution in [0.3, 0.4) is 0 Å². The largest absolute Gasteiger partial charge is 0.504 e. The highest BCUT2D eigenvalue weighted by molar-refractivity contribution is 5.64. The maximum Gasteiger partial charge on any atom is 0.257 e. The fraction of sp³-hybridized carbons (Fsp3) is 0.333. The molecule has 2 aromatic carbocycles. The number of hydrogen-bond donors (Lipinski definition) is 1. The van der Waals surface area contributed by atoms with E-state index in [1.807, 2.05) is 37.3 Å². The standard InChI is InChI=1S/C24H25FN2O2/c1-16-21(18-10-5-6-11-18)24(29)27(15-14-17-8-3-2-4-9-17)23(26-16)19-12-7-13-20(25)22(19)28/h2-4,7-9,12-13,18,28H,5-6,10-11,14-15H2,1H3. The number of aromatic hydroxyl groups is 1. The van der Waals surface area contributed by atoms with E-state index in [4.69, 9.17) is 4.98 Å². The molecule has 1 aromatic heterocycles. The molecule has 0 saturated heterocycles. The van der Waals surface area contributed by atoms with Gasteiger partial charge < -0.3 is 5.11 Å². The van der Waals surface area contributed by atoms with Crippen LogP contribution in [0.15, 0.2) is 53.3 Å². The molecule has 0 spiro atoms. The highest BCUT2D eigenvalue weighted by Crippen LogP contribution is 2.35. The zero-order chi connectivity index (χ0) is 20.4. The molecule has 1 N–H and O–H groups in total. The third-order valence-electron chi connectivity index (χ3n) is 5.85. The van der Waals surface area contributed by atoms with Gasteiger partial charge in [0.2, 0.25) is 0 Å². The zero-order valence-corrected chi connectivity index (χ0v) is 16.6. The van der Waals surface area contributed by atoms with Crippen molar-refractivity contribution < 1.29 is 9.50 Å². The van der Waals surface area contributed by atoms with E-state index >= 15 is 0 Å². The summed E-state index contributed by atoms with van der Waals surface area (Å²) in [7, 11) is 0. The Morgan fingerprint density at radius 3 is 2.55 bits per heavy atom. The molecule has 1 fully saturated rings. The average molecular weight is 392 g/mol. The van der Waals surface area contributed by atoms with Gasteiger partial charge >= 0.3 is 0 Å². The Bertz CT molecular complexity index is 1070. The molecule has 3 aromatic rings. The summed E-state index contributed by atoms with van der Waals surface area (Å²) in [4.78, 5) is 18.2. The van der Waals surface area contributed by atoms with Crippen LogP contribution >= 0.6 is 0 Å². The van der Waals surface area contributed by atoms with Crippen LogP contribution in [0.25, 0.3) is 11.4 Å². The first kappa shape index (κ1) is 19.4. The molecule has 1 aliphatic rings. The van der Waals surface area contributed by atoms with Gasteiger partial charge in [-0.1, -0.05) is 49.2 Å². The van der Waals surface area contributed by atoms with E-state index < -0.39 is 11.6 Å². The van der Waals surface area contributed by atoms with E-state index in [1.54, 1.807) is 10.6 Å². The van der Waals surface area contributed by atoms with Crippen molar-refractivity contribution in [2.75, 3.05) is 0 Å². The van der Waals surface area contributed by atoms with Crippen LogP contribution in [0.2, 0.25) is 0 Å². The maximum absolute atomic E-state index is 14.0. The van der Waals surface area contributed by atoms with E-state index in [-0.39, 0.29) is 17.0 Å². The number of benzene rings is 2. The number of phenolic OH excluding ortho intramolecular Hbond substituents is 1. The lowest BCUT2D eigenvalue weighted by Crippen LogP contribution is -2.30. The van der Waals surface area contributed by atoms with E-state index in [9.17, 15) is 14.3 Å². The van der Waals surface area contributed by atoms with Crippen molar-refractivity contribution in [2.24, 2.45) is 0 Å². The van der Waals surface area contributed by atoms with Crippen molar-refractivity contribution in [3.63, 3.8) is 0 Å². The van der Waals surface area contributed by atoms with Crippen LogP contribution in [-0.4, -0.2) is 14.7 Å². The number of aromatic nitrogens is 2. The number of para-hydroxylation sites is 1. The normalized spacial score (nSPS) is 14.4. The van der Waals surface area contributed by atoms with Gasteiger partial charge in [-0.15, -0.1) is 0 Å². The highest BCUT2D eigenvalue weighted by Gasteiger charge is 2.26. The molecule has 0 amide bonds. The van der Waals surface area contributed by atoms with Crippen molar-refractivity contribution in [2.45, 2.75) is 51.5 Å². The van der Waals surface area contributed by atoms with E-state index in [2.05, 4.69) is 0 Å². The van der Waals surface area contributed by atoms with E-state index in [0.717, 1.165) is 36.8 Å². The second-order valence-electron chi connectivity index (χ2n) is 7.74. The molecule has 1 aliphatic carbocycles. The molecule has 5 heteroatoms. The van der Waals surface area contributed by atoms with Gasteiger partial charge in [0.25, 0.3) is 5.56 Å². The van der Waals surface area contributed by atoms with Crippen LogP contribution in [0.1, 0.15) is 48.4 Å². The van der Waals surface area contributed by atoms with Crippen molar-refractivity contribution in [1.29, 1.82) is 0 Å². The molecular formula is C24H25FN2O2. The smallest absolute Gasteiger partial charge is 0.257 e. The first-order chi connectivity index (χ1) is 14.1. The molecule has 1 saturated carbocycles. The topological polar surface area (TPSA) is 55.1 Å². The summed E-state index contributed by atoms with van der Waals surface area (Å²) in [6.07, 6.45) is 4.90. The molecule has 29 heavy (non-hydrogen) atoms. The summed E-state index contributed by atoms with van der Waals surface area (Å²) in [5, 5.41) is 10.3. The molecule has 0 atom stereocenters. The Labute approximate surface area is 169 Å². The van der Waals surface area contributed by atoms with Crippen molar-refractivity contribution in [3.8, 4) is 17.1 Å². The summed E-state index contributed by atoms with van der Waals surface area (Å²) in [5.41, 5.74) is 2.73. The van der Waals surface area contributed by atoms with Gasteiger partial charge in [0, 0.05) is 17.8 Å². The predicted octanol–water partition coefficient (Wildman–Crippen LogP) is 4.96. The summed E-state index contributed by atoms with van der Waals surface area (Å²) in [6.45, 7) is 2.26. The van der Waals surface area contributed by atoms with Crippen LogP contribution < -0.4 is 5.56 Å². The second-order valence-corrected chi connectivity index (χ2v) is 7.74. The SMILES string of the molecule is Cc1nc(-c2cccc(F)c2O)n(CCc2ccccc2)c(=O)c1C1CCCC1. The number of nitrogens with zero attached hydrogens (tertiary/aromatic N) is 2. The number of halogens is 1. The predicted molar refractivity (Wildman–Crippen MR) is 112 cm³/mol. The lowest BCUT2D eigenvalue weighted by Gasteiger charge is -2.19. The van der Waals surface area contributed by atoms with Crippen molar-refractivity contribution >= 4 is 0 Å². The van der Waals surface area contributed by atoms with Gasteiger partial charge in [-0.2, -0.15) is 0 Å². The Hall–Kier alpha value is -2.95. The summed E-state index contributed by atoms with van der Waals surface area (Å²) in [6, 6.07) is 14.3. The van der Waals surface area contributed by atoms with Crippen LogP contribution in [0.4, 0.5) is 4.39 Å². The molecule has 150 valence electrons. The molecule has 4 nitrogen and oxygen atoms in total. The fourth-order valence-corrected chi connectivity index (χ4v) is 4.35. The van der Waals surface area contributed by atoms with Gasteiger partial charge in [0.1, 0.15) is 5.82 Å². The minimum atomic E-state index is -0.719. The lowest BCUT2D eigenvalue weighted by molar-refractivity contribution is 0.433. The van der Waals surface area contributed by atoms with E-state index in [0.29, 0.717) is 24.5 Å². The van der Waals surface area contributed by atoms with Gasteiger partial charge in [0.05, 0.1) is 5.56 Å². The summed E-state index contributed by atoms with van der Waals surface area (Å²) in [5.74, 6) is -0.639. The molecular weight excluding hydrogens is 367 g/mol. The zero-order valence-electron chi connectivity index (χ0n) is 16.6. The van der Waals surface area contributed by atoms with Crippen molar-refractivity contribution in [3.05, 3.63) is 81.5 Å². The molecule has 0 aliphatic heterocycles. The van der Waals surface area contributed by atoms with Crippen molar-refractivity contribution in [1.82, 2.24) is 9.55 Å². The minimum Gasteiger partial charge on any atom is -0.504 e. The Balaban J connectivity index is 1.84. The van der Waals surface area contributed by atoms with Gasteiger partial charge in [0.15, 0.2) is 11.6 Å². The molecule has 0 radical (unpaired) electrons. The monoisotopic (exact) mass is 392 g/mol. The quantitative estimate of drug-likeness (QED) is 0.667. The third-order valence-corrected chi connectivity index (χ3v) is 5.85. The van der Waals surface area contributed by atoms with Gasteiger partial charge in [-0.25, -0.2) is 9.37 Å². The second kappa shape index (κ2) is 8.19. The maximum atomic E-state index is 14.0. The fourth-order valence-electron chi connectivity index (χ4n) is 4.35. The van der Waals surface area contributed by atoms with Gasteiger partial charge in [-0.05, 0) is 49.8 Å². The first-order valence-electron chi connectivity index (χ1n) is 10.2. The third kappa shape index (κ3) is 3.82. The van der Waals surface area contributed by atoms with Crippen LogP contribution in [0, 0.1) is 12.7 Å². The molecule has 1 heterocycles. The Morgan fingerprint density at radius 2 is 1.83 bits per heavy atom. The molecule has 0 bridgehead atoms. The number of hydrogen-bond acceptors (Lipinski definition) is 3. The summed E-state index contributed by atoms with van der Waals surface area (Å²) >= 11 is 0. The number of aryl methyl sites for hydroxylation is 2. The van der Waals surface area contributed by atoms with Crippen LogP contribution in [-0.2, 0) is 13.0 Å². The summed E-state index contributed by atoms with van der Waals surface area (Å²) < 4.78 is 15.6. The minimum absolute atomic E-state index is 0.0704. The Morgan fingerprint density at radius 1 is 1.10 bits per heavy atom. The average Bonchev–Trinajstić information content (AvgIpc) is 3.24.